The van der Waals surface area contributed by atoms with Gasteiger partial charge in [0, 0.05) is 11.1 Å². The normalized spacial score (nSPS) is 11.0. The van der Waals surface area contributed by atoms with Crippen molar-refractivity contribution in [3.05, 3.63) is 82.7 Å². The summed E-state index contributed by atoms with van der Waals surface area (Å²) in [6.07, 6.45) is 3.18. The highest BCUT2D eigenvalue weighted by Gasteiger charge is 2.15. The maximum atomic E-state index is 12.3. The summed E-state index contributed by atoms with van der Waals surface area (Å²) >= 11 is 7.40. The van der Waals surface area contributed by atoms with E-state index in [-0.39, 0.29) is 5.91 Å². The van der Waals surface area contributed by atoms with Crippen molar-refractivity contribution in [2.45, 2.75) is 0 Å². The Morgan fingerprint density at radius 3 is 2.68 bits per heavy atom. The second kappa shape index (κ2) is 8.21. The van der Waals surface area contributed by atoms with Crippen molar-refractivity contribution in [3.8, 4) is 22.2 Å². The van der Waals surface area contributed by atoms with E-state index in [2.05, 4.69) is 15.5 Å². The molecule has 0 saturated heterocycles. The van der Waals surface area contributed by atoms with Crippen LogP contribution < -0.4 is 5.32 Å². The largest absolute Gasteiger partial charge is 0.334 e. The lowest BCUT2D eigenvalue weighted by atomic mass is 10.1. The molecule has 0 radical (unpaired) electrons. The van der Waals surface area contributed by atoms with E-state index in [1.54, 1.807) is 24.3 Å². The van der Waals surface area contributed by atoms with Gasteiger partial charge in [0.25, 0.3) is 5.89 Å². The van der Waals surface area contributed by atoms with Crippen molar-refractivity contribution < 1.29 is 9.32 Å². The molecule has 7 heteroatoms. The quantitative estimate of drug-likeness (QED) is 0.426. The maximum absolute atomic E-state index is 12.3. The Morgan fingerprint density at radius 1 is 1.07 bits per heavy atom. The molecule has 1 N–H and O–H groups in total. The molecule has 0 bridgehead atoms. The van der Waals surface area contributed by atoms with E-state index in [4.69, 9.17) is 16.1 Å². The summed E-state index contributed by atoms with van der Waals surface area (Å²) in [5, 5.41) is 9.48. The number of hydrogen-bond acceptors (Lipinski definition) is 5. The number of amides is 1. The van der Waals surface area contributed by atoms with E-state index in [9.17, 15) is 4.79 Å². The Bertz CT molecular complexity index is 1120. The highest BCUT2D eigenvalue weighted by atomic mass is 35.5. The third-order valence-electron chi connectivity index (χ3n) is 3.88. The van der Waals surface area contributed by atoms with E-state index in [0.717, 1.165) is 10.4 Å². The number of nitrogens with one attached hydrogen (secondary N) is 1. The van der Waals surface area contributed by atoms with Gasteiger partial charge in [0.15, 0.2) is 0 Å². The van der Waals surface area contributed by atoms with Crippen LogP contribution in [0.25, 0.3) is 28.2 Å². The van der Waals surface area contributed by atoms with Crippen molar-refractivity contribution in [2.75, 3.05) is 5.32 Å². The average Bonchev–Trinajstić information content (AvgIpc) is 3.40. The van der Waals surface area contributed by atoms with Gasteiger partial charge in [0.1, 0.15) is 0 Å². The van der Waals surface area contributed by atoms with Gasteiger partial charge in [-0.3, -0.25) is 4.79 Å². The molecule has 2 aromatic heterocycles. The summed E-state index contributed by atoms with van der Waals surface area (Å²) < 4.78 is 5.40. The highest BCUT2D eigenvalue weighted by molar-refractivity contribution is 7.13. The molecular formula is C21H14ClN3O2S. The minimum atomic E-state index is -0.264. The lowest BCUT2D eigenvalue weighted by Crippen LogP contribution is -2.08. The van der Waals surface area contributed by atoms with Crippen molar-refractivity contribution in [2.24, 2.45) is 0 Å². The van der Waals surface area contributed by atoms with Gasteiger partial charge < -0.3 is 9.84 Å². The number of aromatic nitrogens is 2. The summed E-state index contributed by atoms with van der Waals surface area (Å²) in [4.78, 5) is 17.7. The molecule has 4 rings (SSSR count). The highest BCUT2D eigenvalue weighted by Crippen LogP contribution is 2.29. The van der Waals surface area contributed by atoms with E-state index in [1.807, 2.05) is 47.8 Å². The van der Waals surface area contributed by atoms with Crippen LogP contribution in [-0.4, -0.2) is 16.0 Å². The maximum Gasteiger partial charge on any atom is 0.260 e. The molecular weight excluding hydrogens is 394 g/mol. The zero-order valence-corrected chi connectivity index (χ0v) is 16.1. The Labute approximate surface area is 170 Å². The van der Waals surface area contributed by atoms with E-state index in [1.165, 1.54) is 17.4 Å². The summed E-state index contributed by atoms with van der Waals surface area (Å²) in [7, 11) is 0. The third kappa shape index (κ3) is 4.19. The van der Waals surface area contributed by atoms with Crippen LogP contribution in [0.2, 0.25) is 5.02 Å². The van der Waals surface area contributed by atoms with Crippen LogP contribution in [0.15, 0.2) is 76.6 Å². The fraction of sp³-hybridized carbons (Fsp3) is 0. The zero-order chi connectivity index (χ0) is 19.3. The second-order valence-electron chi connectivity index (χ2n) is 5.82. The number of nitrogens with zero attached hydrogens (tertiary/aromatic N) is 2. The number of carbonyl (C=O) groups is 1. The molecule has 1 amide bonds. The zero-order valence-electron chi connectivity index (χ0n) is 14.5. The van der Waals surface area contributed by atoms with Crippen LogP contribution >= 0.6 is 22.9 Å². The predicted molar refractivity (Wildman–Crippen MR) is 112 cm³/mol. The van der Waals surface area contributed by atoms with Gasteiger partial charge in [0.05, 0.1) is 16.1 Å². The summed E-state index contributed by atoms with van der Waals surface area (Å²) in [5.41, 5.74) is 2.13. The molecule has 2 aromatic carbocycles. The number of anilines is 1. The van der Waals surface area contributed by atoms with Gasteiger partial charge in [-0.15, -0.1) is 11.3 Å². The molecule has 0 aliphatic carbocycles. The Kier molecular flexibility index (Phi) is 5.32. The molecule has 138 valence electrons. The first kappa shape index (κ1) is 18.2. The Balaban J connectivity index is 1.53. The summed E-state index contributed by atoms with van der Waals surface area (Å²) in [5.74, 6) is 0.607. The monoisotopic (exact) mass is 407 g/mol. The van der Waals surface area contributed by atoms with E-state index < -0.39 is 0 Å². The third-order valence-corrected chi connectivity index (χ3v) is 5.00. The molecule has 0 saturated carbocycles. The van der Waals surface area contributed by atoms with Crippen LogP contribution in [0.5, 0.6) is 0 Å². The number of thiophene rings is 1. The van der Waals surface area contributed by atoms with Crippen LogP contribution in [0.4, 0.5) is 5.69 Å². The van der Waals surface area contributed by atoms with Gasteiger partial charge in [-0.1, -0.05) is 47.1 Å². The van der Waals surface area contributed by atoms with Gasteiger partial charge in [-0.2, -0.15) is 4.98 Å². The number of hydrogen-bond donors (Lipinski definition) is 1. The summed E-state index contributed by atoms with van der Waals surface area (Å²) in [6, 6.07) is 18.4. The number of rotatable bonds is 5. The Morgan fingerprint density at radius 2 is 1.89 bits per heavy atom. The minimum Gasteiger partial charge on any atom is -0.334 e. The first-order valence-electron chi connectivity index (χ1n) is 8.41. The fourth-order valence-electron chi connectivity index (χ4n) is 2.54. The van der Waals surface area contributed by atoms with Crippen LogP contribution in [0.3, 0.4) is 0 Å². The van der Waals surface area contributed by atoms with Gasteiger partial charge in [-0.25, -0.2) is 0 Å². The van der Waals surface area contributed by atoms with Crippen molar-refractivity contribution in [1.29, 1.82) is 0 Å². The van der Waals surface area contributed by atoms with Crippen LogP contribution in [0, 0.1) is 0 Å². The standard InChI is InChI=1S/C21H14ClN3O2S/c22-15-10-7-14(8-11-15)9-12-19(26)23-17-5-2-1-4-16(17)21-24-20(25-27-21)18-6-3-13-28-18/h1-13H,(H,23,26)/b12-9+. The topological polar surface area (TPSA) is 68.0 Å². The molecule has 0 aliphatic rings. The van der Waals surface area contributed by atoms with Crippen molar-refractivity contribution in [3.63, 3.8) is 0 Å². The fourth-order valence-corrected chi connectivity index (χ4v) is 3.31. The number of halogens is 1. The van der Waals surface area contributed by atoms with E-state index in [0.29, 0.717) is 28.0 Å². The van der Waals surface area contributed by atoms with Crippen molar-refractivity contribution in [1.82, 2.24) is 10.1 Å². The SMILES string of the molecule is O=C(/C=C/c1ccc(Cl)cc1)Nc1ccccc1-c1nc(-c2cccs2)no1. The number of para-hydroxylation sites is 1. The average molecular weight is 408 g/mol. The molecule has 5 nitrogen and oxygen atoms in total. The molecule has 2 heterocycles. The smallest absolute Gasteiger partial charge is 0.260 e. The lowest BCUT2D eigenvalue weighted by molar-refractivity contribution is -0.111. The molecule has 0 atom stereocenters. The lowest BCUT2D eigenvalue weighted by Gasteiger charge is -2.06. The van der Waals surface area contributed by atoms with Crippen LogP contribution in [-0.2, 0) is 4.79 Å². The molecule has 0 spiro atoms. The molecule has 0 aliphatic heterocycles. The molecule has 0 unspecified atom stereocenters. The first-order valence-corrected chi connectivity index (χ1v) is 9.66. The molecule has 4 aromatic rings. The van der Waals surface area contributed by atoms with E-state index >= 15 is 0 Å². The number of carbonyl (C=O) groups excluding carboxylic acids is 1. The molecule has 28 heavy (non-hydrogen) atoms. The first-order chi connectivity index (χ1) is 13.7. The van der Waals surface area contributed by atoms with Gasteiger partial charge >= 0.3 is 0 Å². The number of benzene rings is 2. The minimum absolute atomic E-state index is 0.264. The molecule has 0 fully saturated rings. The van der Waals surface area contributed by atoms with Crippen LogP contribution in [0.1, 0.15) is 5.56 Å². The van der Waals surface area contributed by atoms with Gasteiger partial charge in [-0.05, 0) is 47.4 Å². The Hall–Kier alpha value is -3.22. The predicted octanol–water partition coefficient (Wildman–Crippen LogP) is 5.77. The second-order valence-corrected chi connectivity index (χ2v) is 7.20. The van der Waals surface area contributed by atoms with Gasteiger partial charge in [0.2, 0.25) is 11.7 Å². The van der Waals surface area contributed by atoms with Crippen molar-refractivity contribution >= 4 is 40.6 Å². The summed E-state index contributed by atoms with van der Waals surface area (Å²) in [6.45, 7) is 0.